The summed E-state index contributed by atoms with van der Waals surface area (Å²) in [5, 5.41) is 7.00. The van der Waals surface area contributed by atoms with Crippen LogP contribution in [0.25, 0.3) is 0 Å². The van der Waals surface area contributed by atoms with E-state index in [1.807, 2.05) is 38.6 Å². The highest BCUT2D eigenvalue weighted by molar-refractivity contribution is 8.00. The fraction of sp³-hybridized carbons (Fsp3) is 0.385. The predicted molar refractivity (Wildman–Crippen MR) is 192 cm³/mol. The standard InChI is InChI=1S/C39H48N4O3S/c1-38(2,3)46-37(44)30-43-24-22-40-28-34-20-21-36(35(42-34)29-41-23-25-43)45-26-13-27-47-39(31-14-7-4-8-15-31,32-16-9-5-10-17-32)33-18-11-6-12-19-33/h4-12,14-21,40-41H,13,22-30H2,1-3H3. The van der Waals surface area contributed by atoms with Crippen molar-refractivity contribution >= 4 is 17.7 Å². The van der Waals surface area contributed by atoms with Crippen LogP contribution in [0.3, 0.4) is 0 Å². The number of esters is 1. The number of benzene rings is 3. The number of hydrogen-bond donors (Lipinski definition) is 2. The highest BCUT2D eigenvalue weighted by atomic mass is 32.2. The van der Waals surface area contributed by atoms with Crippen LogP contribution in [0.4, 0.5) is 0 Å². The molecular weight excluding hydrogens is 605 g/mol. The first-order valence-electron chi connectivity index (χ1n) is 16.6. The quantitative estimate of drug-likeness (QED) is 0.109. The molecule has 2 bridgehead atoms. The molecule has 0 fully saturated rings. The van der Waals surface area contributed by atoms with Crippen molar-refractivity contribution in [3.8, 4) is 5.75 Å². The van der Waals surface area contributed by atoms with Gasteiger partial charge in [-0.25, -0.2) is 0 Å². The molecule has 47 heavy (non-hydrogen) atoms. The van der Waals surface area contributed by atoms with Gasteiger partial charge in [0.15, 0.2) is 0 Å². The first-order valence-corrected chi connectivity index (χ1v) is 17.6. The Balaban J connectivity index is 1.22. The number of thioether (sulfide) groups is 1. The maximum atomic E-state index is 12.5. The van der Waals surface area contributed by atoms with Crippen LogP contribution in [0, 0.1) is 0 Å². The van der Waals surface area contributed by atoms with Crippen molar-refractivity contribution in [2.75, 3.05) is 45.1 Å². The lowest BCUT2D eigenvalue weighted by molar-refractivity contribution is -0.156. The van der Waals surface area contributed by atoms with Crippen LogP contribution >= 0.6 is 11.8 Å². The van der Waals surface area contributed by atoms with Crippen LogP contribution in [0.15, 0.2) is 103 Å². The number of rotatable bonds is 11. The van der Waals surface area contributed by atoms with Gasteiger partial charge in [-0.15, -0.1) is 11.8 Å². The van der Waals surface area contributed by atoms with E-state index in [9.17, 15) is 4.79 Å². The van der Waals surface area contributed by atoms with Gasteiger partial charge in [0.1, 0.15) is 11.4 Å². The van der Waals surface area contributed by atoms with Gasteiger partial charge in [0, 0.05) is 39.3 Å². The largest absolute Gasteiger partial charge is 0.492 e. The molecule has 8 heteroatoms. The smallest absolute Gasteiger partial charge is 0.320 e. The van der Waals surface area contributed by atoms with Crippen molar-refractivity contribution in [2.45, 2.75) is 50.6 Å². The number of carbonyl (C=O) groups is 1. The third kappa shape index (κ3) is 9.91. The van der Waals surface area contributed by atoms with E-state index in [-0.39, 0.29) is 17.3 Å². The van der Waals surface area contributed by atoms with Crippen LogP contribution in [0.2, 0.25) is 0 Å². The number of hydrogen-bond acceptors (Lipinski definition) is 8. The van der Waals surface area contributed by atoms with E-state index in [1.54, 1.807) is 0 Å². The Morgan fingerprint density at radius 1 is 0.787 bits per heavy atom. The molecule has 1 aliphatic rings. The lowest BCUT2D eigenvalue weighted by Crippen LogP contribution is -2.42. The molecule has 0 radical (unpaired) electrons. The van der Waals surface area contributed by atoms with Crippen molar-refractivity contribution in [2.24, 2.45) is 0 Å². The number of ether oxygens (including phenoxy) is 2. The first-order chi connectivity index (χ1) is 22.8. The molecule has 2 heterocycles. The fourth-order valence-corrected chi connectivity index (χ4v) is 7.33. The van der Waals surface area contributed by atoms with Gasteiger partial charge in [-0.3, -0.25) is 14.7 Å². The molecule has 3 aromatic carbocycles. The second-order valence-electron chi connectivity index (χ2n) is 12.8. The summed E-state index contributed by atoms with van der Waals surface area (Å²) in [5.74, 6) is 1.53. The summed E-state index contributed by atoms with van der Waals surface area (Å²) in [5.41, 5.74) is 5.19. The maximum Gasteiger partial charge on any atom is 0.320 e. The summed E-state index contributed by atoms with van der Waals surface area (Å²) >= 11 is 1.96. The van der Waals surface area contributed by atoms with Gasteiger partial charge in [0.2, 0.25) is 0 Å². The van der Waals surface area contributed by atoms with Gasteiger partial charge >= 0.3 is 5.97 Å². The van der Waals surface area contributed by atoms with Crippen LogP contribution in [-0.2, 0) is 27.4 Å². The minimum Gasteiger partial charge on any atom is -0.492 e. The van der Waals surface area contributed by atoms with Gasteiger partial charge < -0.3 is 20.1 Å². The van der Waals surface area contributed by atoms with E-state index < -0.39 is 5.60 Å². The highest BCUT2D eigenvalue weighted by Crippen LogP contribution is 2.48. The Morgan fingerprint density at radius 3 is 1.89 bits per heavy atom. The zero-order valence-corrected chi connectivity index (χ0v) is 28.7. The zero-order valence-electron chi connectivity index (χ0n) is 27.9. The molecule has 0 saturated carbocycles. The summed E-state index contributed by atoms with van der Waals surface area (Å²) in [4.78, 5) is 19.5. The molecule has 0 spiro atoms. The highest BCUT2D eigenvalue weighted by Gasteiger charge is 2.36. The van der Waals surface area contributed by atoms with Crippen molar-refractivity contribution in [3.63, 3.8) is 0 Å². The molecule has 4 aromatic rings. The van der Waals surface area contributed by atoms with Crippen molar-refractivity contribution in [1.82, 2.24) is 20.5 Å². The molecule has 0 saturated heterocycles. The third-order valence-corrected chi connectivity index (χ3v) is 9.61. The van der Waals surface area contributed by atoms with E-state index in [2.05, 4.69) is 113 Å². The summed E-state index contributed by atoms with van der Waals surface area (Å²) in [6.45, 7) is 10.8. The second-order valence-corrected chi connectivity index (χ2v) is 14.1. The van der Waals surface area contributed by atoms with E-state index >= 15 is 0 Å². The van der Waals surface area contributed by atoms with Gasteiger partial charge in [-0.05, 0) is 61.8 Å². The zero-order chi connectivity index (χ0) is 33.0. The number of nitrogens with zero attached hydrogens (tertiary/aromatic N) is 2. The summed E-state index contributed by atoms with van der Waals surface area (Å²) in [6.07, 6.45) is 0.884. The number of carbonyl (C=O) groups excluding carboxylic acids is 1. The molecule has 1 aliphatic heterocycles. The summed E-state index contributed by atoms with van der Waals surface area (Å²) in [7, 11) is 0. The van der Waals surface area contributed by atoms with Crippen LogP contribution < -0.4 is 15.4 Å². The lowest BCUT2D eigenvalue weighted by atomic mass is 9.84. The average Bonchev–Trinajstić information content (AvgIpc) is 3.07. The maximum absolute atomic E-state index is 12.5. The molecule has 248 valence electrons. The summed E-state index contributed by atoms with van der Waals surface area (Å²) in [6, 6.07) is 36.5. The molecule has 0 amide bonds. The Bertz CT molecular complexity index is 1430. The van der Waals surface area contributed by atoms with Crippen molar-refractivity contribution < 1.29 is 14.3 Å². The SMILES string of the molecule is CC(C)(C)OC(=O)CN1CCNCc2ccc(OCCCSC(c3ccccc3)(c3ccccc3)c3ccccc3)c(n2)CNCC1. The molecule has 0 aliphatic carbocycles. The molecule has 2 N–H and O–H groups in total. The second kappa shape index (κ2) is 16.9. The Hall–Kier alpha value is -3.69. The minimum atomic E-state index is -0.488. The van der Waals surface area contributed by atoms with E-state index in [0.717, 1.165) is 55.5 Å². The molecule has 7 nitrogen and oxygen atoms in total. The summed E-state index contributed by atoms with van der Waals surface area (Å²) < 4.78 is 11.6. The third-order valence-electron chi connectivity index (χ3n) is 7.98. The van der Waals surface area contributed by atoms with Gasteiger partial charge in [0.25, 0.3) is 0 Å². The number of nitrogens with one attached hydrogen (secondary N) is 2. The topological polar surface area (TPSA) is 75.7 Å². The Kier molecular flexibility index (Phi) is 12.5. The van der Waals surface area contributed by atoms with E-state index in [4.69, 9.17) is 14.5 Å². The van der Waals surface area contributed by atoms with Gasteiger partial charge in [-0.1, -0.05) is 91.0 Å². The molecule has 0 unspecified atom stereocenters. The van der Waals surface area contributed by atoms with Crippen LogP contribution in [0.5, 0.6) is 5.75 Å². The predicted octanol–water partition coefficient (Wildman–Crippen LogP) is 6.41. The number of fused-ring (bicyclic) bond motifs is 2. The monoisotopic (exact) mass is 652 g/mol. The average molecular weight is 653 g/mol. The van der Waals surface area contributed by atoms with Crippen LogP contribution in [0.1, 0.15) is 55.3 Å². The van der Waals surface area contributed by atoms with E-state index in [0.29, 0.717) is 19.7 Å². The number of aromatic nitrogens is 1. The minimum absolute atomic E-state index is 0.195. The van der Waals surface area contributed by atoms with Gasteiger partial charge in [-0.2, -0.15) is 0 Å². The van der Waals surface area contributed by atoms with Crippen molar-refractivity contribution in [1.29, 1.82) is 0 Å². The van der Waals surface area contributed by atoms with Crippen molar-refractivity contribution in [3.05, 3.63) is 131 Å². The Labute approximate surface area is 284 Å². The molecule has 0 atom stereocenters. The fourth-order valence-electron chi connectivity index (χ4n) is 5.85. The molecular formula is C39H48N4O3S. The lowest BCUT2D eigenvalue weighted by Gasteiger charge is -2.35. The van der Waals surface area contributed by atoms with Crippen LogP contribution in [-0.4, -0.2) is 66.5 Å². The molecule has 1 aromatic heterocycles. The Morgan fingerprint density at radius 2 is 1.34 bits per heavy atom. The van der Waals surface area contributed by atoms with E-state index in [1.165, 1.54) is 16.7 Å². The molecule has 5 rings (SSSR count). The first kappa shape index (κ1) is 34.6. The normalized spacial score (nSPS) is 14.9. The number of pyridine rings is 1. The van der Waals surface area contributed by atoms with Gasteiger partial charge in [0.05, 0.1) is 29.3 Å².